The van der Waals surface area contributed by atoms with Gasteiger partial charge in [0.1, 0.15) is 5.75 Å². The van der Waals surface area contributed by atoms with Crippen LogP contribution in [-0.4, -0.2) is 23.4 Å². The van der Waals surface area contributed by atoms with Crippen molar-refractivity contribution >= 4 is 0 Å². The normalized spacial score (nSPS) is 10.6. The third-order valence-corrected chi connectivity index (χ3v) is 2.86. The lowest BCUT2D eigenvalue weighted by atomic mass is 10.1. The number of hydrogen-bond acceptors (Lipinski definition) is 3. The van der Waals surface area contributed by atoms with Gasteiger partial charge in [0.05, 0.1) is 12.8 Å². The van der Waals surface area contributed by atoms with E-state index in [4.69, 9.17) is 4.74 Å². The Hall–Kier alpha value is -1.81. The number of hydrogen-bond donors (Lipinski definition) is 1. The summed E-state index contributed by atoms with van der Waals surface area (Å²) in [7, 11) is 3.62. The first-order valence-electron chi connectivity index (χ1n) is 6.12. The van der Waals surface area contributed by atoms with E-state index in [1.165, 1.54) is 0 Å². The Kier molecular flexibility index (Phi) is 3.99. The molecule has 0 bridgehead atoms. The number of benzene rings is 1. The fourth-order valence-electron chi connectivity index (χ4n) is 1.90. The second-order valence-electron chi connectivity index (χ2n) is 4.18. The van der Waals surface area contributed by atoms with Crippen molar-refractivity contribution in [1.29, 1.82) is 0 Å². The molecule has 0 aliphatic heterocycles. The highest BCUT2D eigenvalue weighted by molar-refractivity contribution is 5.61. The summed E-state index contributed by atoms with van der Waals surface area (Å²) in [5.41, 5.74) is 3.25. The minimum atomic E-state index is 0.806. The molecular weight excluding hydrogens is 226 g/mol. The zero-order valence-corrected chi connectivity index (χ0v) is 11.1. The zero-order valence-electron chi connectivity index (χ0n) is 11.1. The Bertz CT molecular complexity index is 520. The minimum Gasteiger partial charge on any atom is -0.496 e. The Morgan fingerprint density at radius 2 is 2.17 bits per heavy atom. The van der Waals surface area contributed by atoms with Crippen molar-refractivity contribution in [3.63, 3.8) is 0 Å². The van der Waals surface area contributed by atoms with Gasteiger partial charge in [-0.25, -0.2) is 0 Å². The van der Waals surface area contributed by atoms with Crippen LogP contribution in [0.15, 0.2) is 30.5 Å². The number of aromatic nitrogens is 2. The van der Waals surface area contributed by atoms with Crippen LogP contribution in [0, 0.1) is 0 Å². The molecule has 1 aromatic heterocycles. The summed E-state index contributed by atoms with van der Waals surface area (Å²) in [4.78, 5) is 0. The molecule has 4 heteroatoms. The number of ether oxygens (including phenoxy) is 1. The van der Waals surface area contributed by atoms with Crippen LogP contribution in [0.4, 0.5) is 0 Å². The van der Waals surface area contributed by atoms with E-state index in [1.807, 2.05) is 36.1 Å². The van der Waals surface area contributed by atoms with Gasteiger partial charge in [0.25, 0.3) is 0 Å². The maximum atomic E-state index is 5.37. The highest BCUT2D eigenvalue weighted by Gasteiger charge is 2.07. The third-order valence-electron chi connectivity index (χ3n) is 2.86. The number of aryl methyl sites for hydroxylation is 1. The fraction of sp³-hybridized carbons (Fsp3) is 0.357. The maximum absolute atomic E-state index is 5.37. The minimum absolute atomic E-state index is 0.806. The van der Waals surface area contributed by atoms with Crippen molar-refractivity contribution < 1.29 is 4.74 Å². The van der Waals surface area contributed by atoms with Gasteiger partial charge in [-0.15, -0.1) is 0 Å². The first-order chi connectivity index (χ1) is 8.74. The van der Waals surface area contributed by atoms with Crippen LogP contribution in [0.1, 0.15) is 12.5 Å². The lowest BCUT2D eigenvalue weighted by Gasteiger charge is -2.10. The molecule has 0 amide bonds. The summed E-state index contributed by atoms with van der Waals surface area (Å²) in [6.07, 6.45) is 1.95. The first-order valence-corrected chi connectivity index (χ1v) is 6.12. The van der Waals surface area contributed by atoms with E-state index in [9.17, 15) is 0 Å². The average Bonchev–Trinajstić information content (AvgIpc) is 2.82. The van der Waals surface area contributed by atoms with Gasteiger partial charge < -0.3 is 10.1 Å². The Labute approximate surface area is 108 Å². The van der Waals surface area contributed by atoms with Gasteiger partial charge in [-0.1, -0.05) is 6.92 Å². The molecular formula is C14H19N3O. The molecule has 0 radical (unpaired) electrons. The molecule has 0 saturated carbocycles. The molecule has 18 heavy (non-hydrogen) atoms. The molecule has 0 fully saturated rings. The monoisotopic (exact) mass is 245 g/mol. The van der Waals surface area contributed by atoms with Crippen LogP contribution in [0.5, 0.6) is 5.75 Å². The van der Waals surface area contributed by atoms with Gasteiger partial charge in [0.2, 0.25) is 0 Å². The molecule has 96 valence electrons. The first kappa shape index (κ1) is 12.6. The van der Waals surface area contributed by atoms with Gasteiger partial charge in [0, 0.05) is 30.9 Å². The molecule has 0 atom stereocenters. The Balaban J connectivity index is 2.32. The largest absolute Gasteiger partial charge is 0.496 e. The summed E-state index contributed by atoms with van der Waals surface area (Å²) >= 11 is 0. The molecule has 0 unspecified atom stereocenters. The molecule has 0 aliphatic carbocycles. The van der Waals surface area contributed by atoms with Gasteiger partial charge in [-0.3, -0.25) is 4.68 Å². The second-order valence-corrected chi connectivity index (χ2v) is 4.18. The SMILES string of the molecule is CCNCc1cc(-c2ccn(C)n2)ccc1OC. The van der Waals surface area contributed by atoms with Crippen LogP contribution in [-0.2, 0) is 13.6 Å². The quantitative estimate of drug-likeness (QED) is 0.877. The highest BCUT2D eigenvalue weighted by Crippen LogP contribution is 2.25. The fourth-order valence-corrected chi connectivity index (χ4v) is 1.90. The third kappa shape index (κ3) is 2.71. The molecule has 1 heterocycles. The molecule has 4 nitrogen and oxygen atoms in total. The standard InChI is InChI=1S/C14H19N3O/c1-4-15-10-12-9-11(5-6-14(12)18-3)13-7-8-17(2)16-13/h5-9,15H,4,10H2,1-3H3. The zero-order chi connectivity index (χ0) is 13.0. The smallest absolute Gasteiger partial charge is 0.123 e. The highest BCUT2D eigenvalue weighted by atomic mass is 16.5. The Morgan fingerprint density at radius 1 is 1.33 bits per heavy atom. The van der Waals surface area contributed by atoms with Gasteiger partial charge in [-0.2, -0.15) is 5.10 Å². The van der Waals surface area contributed by atoms with Crippen LogP contribution in [0.25, 0.3) is 11.3 Å². The summed E-state index contributed by atoms with van der Waals surface area (Å²) in [6, 6.07) is 8.18. The van der Waals surface area contributed by atoms with Gasteiger partial charge >= 0.3 is 0 Å². The van der Waals surface area contributed by atoms with Crippen molar-refractivity contribution in [2.45, 2.75) is 13.5 Å². The van der Waals surface area contributed by atoms with E-state index in [1.54, 1.807) is 7.11 Å². The summed E-state index contributed by atoms with van der Waals surface area (Å²) < 4.78 is 7.18. The van der Waals surface area contributed by atoms with E-state index >= 15 is 0 Å². The van der Waals surface area contributed by atoms with Crippen molar-refractivity contribution in [2.75, 3.05) is 13.7 Å². The number of nitrogens with zero attached hydrogens (tertiary/aromatic N) is 2. The van der Waals surface area contributed by atoms with Gasteiger partial charge in [0.15, 0.2) is 0 Å². The molecule has 2 rings (SSSR count). The lowest BCUT2D eigenvalue weighted by Crippen LogP contribution is -2.12. The summed E-state index contributed by atoms with van der Waals surface area (Å²) in [5.74, 6) is 0.913. The predicted octanol–water partition coefficient (Wildman–Crippen LogP) is 2.21. The molecule has 2 aromatic rings. The van der Waals surface area contributed by atoms with Gasteiger partial charge in [-0.05, 0) is 30.8 Å². The molecule has 0 spiro atoms. The van der Waals surface area contributed by atoms with E-state index in [-0.39, 0.29) is 0 Å². The van der Waals surface area contributed by atoms with Crippen molar-refractivity contribution in [3.8, 4) is 17.0 Å². The number of rotatable bonds is 5. The van der Waals surface area contributed by atoms with E-state index in [0.717, 1.165) is 35.7 Å². The summed E-state index contributed by atoms with van der Waals surface area (Å²) in [5, 5.41) is 7.73. The maximum Gasteiger partial charge on any atom is 0.123 e. The second kappa shape index (κ2) is 5.69. The molecule has 0 aliphatic rings. The number of methoxy groups -OCH3 is 1. The topological polar surface area (TPSA) is 39.1 Å². The van der Waals surface area contributed by atoms with E-state index in [0.29, 0.717) is 0 Å². The van der Waals surface area contributed by atoms with Crippen molar-refractivity contribution in [3.05, 3.63) is 36.0 Å². The van der Waals surface area contributed by atoms with Crippen LogP contribution < -0.4 is 10.1 Å². The van der Waals surface area contributed by atoms with Crippen molar-refractivity contribution in [2.24, 2.45) is 7.05 Å². The van der Waals surface area contributed by atoms with Crippen molar-refractivity contribution in [1.82, 2.24) is 15.1 Å². The Morgan fingerprint density at radius 3 is 2.78 bits per heavy atom. The summed E-state index contributed by atoms with van der Waals surface area (Å²) in [6.45, 7) is 3.84. The van der Waals surface area contributed by atoms with Crippen LogP contribution >= 0.6 is 0 Å². The average molecular weight is 245 g/mol. The predicted molar refractivity (Wildman–Crippen MR) is 72.6 cm³/mol. The molecule has 0 saturated heterocycles. The van der Waals surface area contributed by atoms with E-state index in [2.05, 4.69) is 23.4 Å². The number of nitrogens with one attached hydrogen (secondary N) is 1. The lowest BCUT2D eigenvalue weighted by molar-refractivity contribution is 0.408. The van der Waals surface area contributed by atoms with Crippen LogP contribution in [0.3, 0.4) is 0 Å². The molecule has 1 N–H and O–H groups in total. The molecule has 1 aromatic carbocycles. The van der Waals surface area contributed by atoms with E-state index < -0.39 is 0 Å². The van der Waals surface area contributed by atoms with Crippen LogP contribution in [0.2, 0.25) is 0 Å².